The van der Waals surface area contributed by atoms with Crippen molar-refractivity contribution in [1.29, 1.82) is 0 Å². The lowest BCUT2D eigenvalue weighted by Gasteiger charge is -2.11. The molecule has 0 radical (unpaired) electrons. The van der Waals surface area contributed by atoms with E-state index < -0.39 is 0 Å². The van der Waals surface area contributed by atoms with E-state index in [1.54, 1.807) is 7.11 Å². The van der Waals surface area contributed by atoms with Crippen LogP contribution in [-0.4, -0.2) is 7.11 Å². The molecule has 0 bridgehead atoms. The summed E-state index contributed by atoms with van der Waals surface area (Å²) in [7, 11) is 1.59. The smallest absolute Gasteiger partial charge is 0.141 e. The van der Waals surface area contributed by atoms with E-state index in [0.717, 1.165) is 11.3 Å². The molecule has 0 heterocycles. The van der Waals surface area contributed by atoms with E-state index in [0.29, 0.717) is 10.8 Å². The van der Waals surface area contributed by atoms with Gasteiger partial charge in [0.1, 0.15) is 23.9 Å². The van der Waals surface area contributed by atoms with Crippen molar-refractivity contribution in [3.05, 3.63) is 58.9 Å². The van der Waals surface area contributed by atoms with Gasteiger partial charge in [-0.1, -0.05) is 29.8 Å². The predicted octanol–water partition coefficient (Wildman–Crippen LogP) is 4.07. The lowest BCUT2D eigenvalue weighted by atomic mass is 10.2. The van der Waals surface area contributed by atoms with E-state index in [2.05, 4.69) is 0 Å². The second-order valence-electron chi connectivity index (χ2n) is 3.68. The minimum atomic E-state index is -0.380. The molecule has 0 unspecified atom stereocenters. The molecule has 4 heteroatoms. The molecule has 0 aliphatic heterocycles. The van der Waals surface area contributed by atoms with Crippen molar-refractivity contribution in [2.75, 3.05) is 7.11 Å². The normalized spacial score (nSPS) is 10.2. The Kier molecular flexibility index (Phi) is 4.05. The molecule has 2 nitrogen and oxygen atoms in total. The Morgan fingerprint density at radius 3 is 2.67 bits per heavy atom. The summed E-state index contributed by atoms with van der Waals surface area (Å²) in [5, 5.41) is 0.381. The molecule has 0 saturated carbocycles. The lowest BCUT2D eigenvalue weighted by molar-refractivity contribution is 0.295. The highest BCUT2D eigenvalue weighted by molar-refractivity contribution is 6.32. The number of rotatable bonds is 4. The fourth-order valence-corrected chi connectivity index (χ4v) is 1.74. The molecule has 2 aromatic carbocycles. The highest BCUT2D eigenvalue weighted by Crippen LogP contribution is 2.27. The van der Waals surface area contributed by atoms with Crippen LogP contribution in [0.5, 0.6) is 11.5 Å². The van der Waals surface area contributed by atoms with E-state index in [1.807, 2.05) is 24.3 Å². The van der Waals surface area contributed by atoms with Crippen molar-refractivity contribution in [3.63, 3.8) is 0 Å². The van der Waals surface area contributed by atoms with E-state index in [1.165, 1.54) is 18.2 Å². The third kappa shape index (κ3) is 2.93. The molecule has 0 aromatic heterocycles. The first-order chi connectivity index (χ1) is 8.70. The Balaban J connectivity index is 2.14. The summed E-state index contributed by atoms with van der Waals surface area (Å²) < 4.78 is 23.7. The average molecular weight is 267 g/mol. The Labute approximate surface area is 110 Å². The van der Waals surface area contributed by atoms with E-state index in [4.69, 9.17) is 21.1 Å². The molecule has 0 aliphatic carbocycles. The Morgan fingerprint density at radius 1 is 1.11 bits per heavy atom. The zero-order valence-corrected chi connectivity index (χ0v) is 10.6. The number of benzene rings is 2. The molecule has 0 atom stereocenters. The Bertz CT molecular complexity index is 543. The first-order valence-electron chi connectivity index (χ1n) is 5.40. The lowest BCUT2D eigenvalue weighted by Crippen LogP contribution is -1.99. The summed E-state index contributed by atoms with van der Waals surface area (Å²) in [6, 6.07) is 11.5. The van der Waals surface area contributed by atoms with Crippen molar-refractivity contribution in [3.8, 4) is 11.5 Å². The van der Waals surface area contributed by atoms with Gasteiger partial charge in [-0.3, -0.25) is 0 Å². The fourth-order valence-electron chi connectivity index (χ4n) is 1.57. The van der Waals surface area contributed by atoms with Crippen LogP contribution in [0.3, 0.4) is 0 Å². The van der Waals surface area contributed by atoms with Gasteiger partial charge in [0, 0.05) is 11.6 Å². The average Bonchev–Trinajstić information content (AvgIpc) is 2.40. The number of methoxy groups -OCH3 is 1. The van der Waals surface area contributed by atoms with Crippen LogP contribution >= 0.6 is 11.6 Å². The summed E-state index contributed by atoms with van der Waals surface area (Å²) >= 11 is 5.91. The van der Waals surface area contributed by atoms with Crippen LogP contribution in [0, 0.1) is 5.82 Å². The summed E-state index contributed by atoms with van der Waals surface area (Å²) in [5.74, 6) is 0.669. The number of hydrogen-bond donors (Lipinski definition) is 0. The third-order valence-electron chi connectivity index (χ3n) is 2.47. The van der Waals surface area contributed by atoms with Gasteiger partial charge in [-0.2, -0.15) is 0 Å². The summed E-state index contributed by atoms with van der Waals surface area (Å²) in [6.07, 6.45) is 0. The fraction of sp³-hybridized carbons (Fsp3) is 0.143. The van der Waals surface area contributed by atoms with Gasteiger partial charge in [0.2, 0.25) is 0 Å². The van der Waals surface area contributed by atoms with E-state index in [-0.39, 0.29) is 12.4 Å². The predicted molar refractivity (Wildman–Crippen MR) is 68.7 cm³/mol. The summed E-state index contributed by atoms with van der Waals surface area (Å²) in [6.45, 7) is 0.271. The molecule has 0 N–H and O–H groups in total. The maximum absolute atomic E-state index is 13.1. The molecule has 2 rings (SSSR count). The van der Waals surface area contributed by atoms with Gasteiger partial charge in [-0.05, 0) is 18.2 Å². The maximum atomic E-state index is 13.1. The van der Waals surface area contributed by atoms with Crippen LogP contribution in [-0.2, 0) is 6.61 Å². The van der Waals surface area contributed by atoms with Crippen molar-refractivity contribution in [2.24, 2.45) is 0 Å². The van der Waals surface area contributed by atoms with Gasteiger partial charge >= 0.3 is 0 Å². The van der Waals surface area contributed by atoms with Crippen LogP contribution in [0.4, 0.5) is 4.39 Å². The molecule has 0 spiro atoms. The first-order valence-corrected chi connectivity index (χ1v) is 5.78. The minimum Gasteiger partial charge on any atom is -0.496 e. The van der Waals surface area contributed by atoms with Crippen LogP contribution in [0.1, 0.15) is 5.56 Å². The van der Waals surface area contributed by atoms with Gasteiger partial charge in [-0.25, -0.2) is 4.39 Å². The second kappa shape index (κ2) is 5.74. The second-order valence-corrected chi connectivity index (χ2v) is 4.08. The molecule has 0 aliphatic rings. The third-order valence-corrected chi connectivity index (χ3v) is 2.78. The first kappa shape index (κ1) is 12.7. The maximum Gasteiger partial charge on any atom is 0.141 e. The topological polar surface area (TPSA) is 18.5 Å². The van der Waals surface area contributed by atoms with Crippen molar-refractivity contribution in [1.82, 2.24) is 0 Å². The number of hydrogen-bond acceptors (Lipinski definition) is 2. The molecular weight excluding hydrogens is 255 g/mol. The molecule has 94 valence electrons. The van der Waals surface area contributed by atoms with Crippen molar-refractivity contribution >= 4 is 11.6 Å². The monoisotopic (exact) mass is 266 g/mol. The van der Waals surface area contributed by atoms with Gasteiger partial charge in [0.15, 0.2) is 0 Å². The number of ether oxygens (including phenoxy) is 2. The molecule has 18 heavy (non-hydrogen) atoms. The quantitative estimate of drug-likeness (QED) is 0.831. The SMILES string of the molecule is COc1ccccc1COc1cc(F)ccc1Cl. The zero-order valence-electron chi connectivity index (χ0n) is 9.82. The van der Waals surface area contributed by atoms with Crippen LogP contribution < -0.4 is 9.47 Å². The zero-order chi connectivity index (χ0) is 13.0. The standard InChI is InChI=1S/C14H12ClFO2/c1-17-13-5-3-2-4-10(13)9-18-14-8-11(16)6-7-12(14)15/h2-8H,9H2,1H3. The van der Waals surface area contributed by atoms with Crippen LogP contribution in [0.2, 0.25) is 5.02 Å². The Hall–Kier alpha value is -1.74. The van der Waals surface area contributed by atoms with E-state index >= 15 is 0 Å². The molecule has 0 saturated heterocycles. The summed E-state index contributed by atoms with van der Waals surface area (Å²) in [4.78, 5) is 0. The molecule has 2 aromatic rings. The van der Waals surface area contributed by atoms with Crippen LogP contribution in [0.15, 0.2) is 42.5 Å². The summed E-state index contributed by atoms with van der Waals surface area (Å²) in [5.41, 5.74) is 0.875. The number of para-hydroxylation sites is 1. The minimum absolute atomic E-state index is 0.271. The van der Waals surface area contributed by atoms with Gasteiger partial charge in [0.05, 0.1) is 12.1 Å². The molecule has 0 amide bonds. The highest BCUT2D eigenvalue weighted by atomic mass is 35.5. The Morgan fingerprint density at radius 2 is 1.89 bits per heavy atom. The van der Waals surface area contributed by atoms with Gasteiger partial charge in [-0.15, -0.1) is 0 Å². The largest absolute Gasteiger partial charge is 0.496 e. The molecular formula is C14H12ClFO2. The van der Waals surface area contributed by atoms with Crippen molar-refractivity contribution in [2.45, 2.75) is 6.61 Å². The molecule has 0 fully saturated rings. The van der Waals surface area contributed by atoms with Crippen LogP contribution in [0.25, 0.3) is 0 Å². The highest BCUT2D eigenvalue weighted by Gasteiger charge is 2.06. The van der Waals surface area contributed by atoms with Gasteiger partial charge in [0.25, 0.3) is 0 Å². The van der Waals surface area contributed by atoms with Gasteiger partial charge < -0.3 is 9.47 Å². The van der Waals surface area contributed by atoms with E-state index in [9.17, 15) is 4.39 Å². The number of halogens is 2. The van der Waals surface area contributed by atoms with Crippen molar-refractivity contribution < 1.29 is 13.9 Å².